The Morgan fingerprint density at radius 3 is 2.77 bits per heavy atom. The number of aromatic nitrogens is 3. The molecule has 0 amide bonds. The molecule has 116 valence electrons. The van der Waals surface area contributed by atoms with Crippen LogP contribution in [0.4, 0.5) is 10.3 Å². The predicted molar refractivity (Wildman–Crippen MR) is 80.3 cm³/mol. The first kappa shape index (κ1) is 14.6. The zero-order valence-electron chi connectivity index (χ0n) is 12.4. The third-order valence-corrected chi connectivity index (χ3v) is 3.65. The minimum atomic E-state index is -0.291. The van der Waals surface area contributed by atoms with Crippen molar-refractivity contribution in [1.29, 1.82) is 0 Å². The van der Waals surface area contributed by atoms with Gasteiger partial charge in [0, 0.05) is 51.2 Å². The fourth-order valence-electron chi connectivity index (χ4n) is 2.50. The second-order valence-electron chi connectivity index (χ2n) is 5.17. The van der Waals surface area contributed by atoms with Gasteiger partial charge in [0.25, 0.3) is 0 Å². The van der Waals surface area contributed by atoms with E-state index >= 15 is 0 Å². The van der Waals surface area contributed by atoms with Gasteiger partial charge < -0.3 is 9.64 Å². The molecule has 1 saturated heterocycles. The fourth-order valence-corrected chi connectivity index (χ4v) is 2.50. The summed E-state index contributed by atoms with van der Waals surface area (Å²) >= 11 is 0. The van der Waals surface area contributed by atoms with Crippen molar-refractivity contribution in [3.8, 4) is 5.88 Å². The molecule has 1 fully saturated rings. The molecule has 7 heteroatoms. The van der Waals surface area contributed by atoms with Crippen LogP contribution in [-0.2, 0) is 6.54 Å². The highest BCUT2D eigenvalue weighted by atomic mass is 19.1. The van der Waals surface area contributed by atoms with E-state index in [9.17, 15) is 4.39 Å². The number of anilines is 1. The zero-order valence-corrected chi connectivity index (χ0v) is 12.4. The van der Waals surface area contributed by atoms with Crippen LogP contribution in [0.15, 0.2) is 30.7 Å². The summed E-state index contributed by atoms with van der Waals surface area (Å²) in [6, 6.07) is 3.27. The molecule has 0 aromatic carbocycles. The number of hydrogen-bond donors (Lipinski definition) is 0. The minimum Gasteiger partial charge on any atom is -0.481 e. The molecule has 0 spiro atoms. The molecule has 0 radical (unpaired) electrons. The smallest absolute Gasteiger partial charge is 0.228 e. The molecular weight excluding hydrogens is 285 g/mol. The van der Waals surface area contributed by atoms with Crippen LogP contribution in [0.5, 0.6) is 5.88 Å². The number of pyridine rings is 1. The van der Waals surface area contributed by atoms with E-state index in [0.717, 1.165) is 31.7 Å². The second-order valence-corrected chi connectivity index (χ2v) is 5.17. The van der Waals surface area contributed by atoms with Crippen molar-refractivity contribution in [2.75, 3.05) is 38.2 Å². The Labute approximate surface area is 128 Å². The summed E-state index contributed by atoms with van der Waals surface area (Å²) in [6.45, 7) is 4.11. The SMILES string of the molecule is COc1ccnc(N2CCN(Cc3cncc(F)c3)CC2)n1. The van der Waals surface area contributed by atoms with Gasteiger partial charge in [-0.15, -0.1) is 0 Å². The lowest BCUT2D eigenvalue weighted by Gasteiger charge is -2.34. The molecule has 0 bridgehead atoms. The maximum absolute atomic E-state index is 13.2. The lowest BCUT2D eigenvalue weighted by atomic mass is 10.2. The number of piperazine rings is 1. The maximum Gasteiger partial charge on any atom is 0.228 e. The van der Waals surface area contributed by atoms with E-state index in [1.54, 1.807) is 25.6 Å². The highest BCUT2D eigenvalue weighted by Crippen LogP contribution is 2.15. The number of rotatable bonds is 4. The minimum absolute atomic E-state index is 0.291. The van der Waals surface area contributed by atoms with Crippen LogP contribution in [0.3, 0.4) is 0 Å². The molecule has 0 aliphatic carbocycles. The first-order valence-electron chi connectivity index (χ1n) is 7.18. The largest absolute Gasteiger partial charge is 0.481 e. The van der Waals surface area contributed by atoms with Crippen LogP contribution in [0.2, 0.25) is 0 Å². The van der Waals surface area contributed by atoms with Gasteiger partial charge in [-0.1, -0.05) is 0 Å². The summed E-state index contributed by atoms with van der Waals surface area (Å²) in [5.74, 6) is 0.964. The van der Waals surface area contributed by atoms with E-state index in [2.05, 4.69) is 24.8 Å². The highest BCUT2D eigenvalue weighted by molar-refractivity contribution is 5.32. The summed E-state index contributed by atoms with van der Waals surface area (Å²) in [6.07, 6.45) is 4.63. The van der Waals surface area contributed by atoms with E-state index in [4.69, 9.17) is 4.74 Å². The molecule has 2 aromatic rings. The lowest BCUT2D eigenvalue weighted by molar-refractivity contribution is 0.248. The molecule has 2 aromatic heterocycles. The number of methoxy groups -OCH3 is 1. The first-order chi connectivity index (χ1) is 10.7. The van der Waals surface area contributed by atoms with E-state index in [-0.39, 0.29) is 5.82 Å². The zero-order chi connectivity index (χ0) is 15.4. The predicted octanol–water partition coefficient (Wildman–Crippen LogP) is 1.34. The van der Waals surface area contributed by atoms with Crippen molar-refractivity contribution in [2.24, 2.45) is 0 Å². The fraction of sp³-hybridized carbons (Fsp3) is 0.400. The van der Waals surface area contributed by atoms with Gasteiger partial charge in [-0.2, -0.15) is 4.98 Å². The number of ether oxygens (including phenoxy) is 1. The summed E-state index contributed by atoms with van der Waals surface area (Å²) in [5, 5.41) is 0. The quantitative estimate of drug-likeness (QED) is 0.849. The molecule has 3 rings (SSSR count). The average molecular weight is 303 g/mol. The van der Waals surface area contributed by atoms with Gasteiger partial charge in [0.1, 0.15) is 5.82 Å². The van der Waals surface area contributed by atoms with Gasteiger partial charge in [0.05, 0.1) is 13.3 Å². The van der Waals surface area contributed by atoms with Gasteiger partial charge in [-0.25, -0.2) is 9.37 Å². The van der Waals surface area contributed by atoms with Crippen LogP contribution in [0, 0.1) is 5.82 Å². The molecule has 1 aliphatic heterocycles. The Hall–Kier alpha value is -2.28. The van der Waals surface area contributed by atoms with Crippen molar-refractivity contribution in [1.82, 2.24) is 19.9 Å². The third-order valence-electron chi connectivity index (χ3n) is 3.65. The van der Waals surface area contributed by atoms with Gasteiger partial charge in [-0.05, 0) is 11.6 Å². The van der Waals surface area contributed by atoms with E-state index in [1.165, 1.54) is 12.3 Å². The Morgan fingerprint density at radius 1 is 1.23 bits per heavy atom. The van der Waals surface area contributed by atoms with Crippen LogP contribution < -0.4 is 9.64 Å². The highest BCUT2D eigenvalue weighted by Gasteiger charge is 2.19. The Morgan fingerprint density at radius 2 is 2.05 bits per heavy atom. The van der Waals surface area contributed by atoms with Crippen molar-refractivity contribution in [3.63, 3.8) is 0 Å². The number of hydrogen-bond acceptors (Lipinski definition) is 6. The first-order valence-corrected chi connectivity index (χ1v) is 7.18. The van der Waals surface area contributed by atoms with E-state index in [0.29, 0.717) is 18.4 Å². The van der Waals surface area contributed by atoms with Gasteiger partial charge >= 0.3 is 0 Å². The number of nitrogens with zero attached hydrogens (tertiary/aromatic N) is 5. The average Bonchev–Trinajstić information content (AvgIpc) is 2.56. The molecule has 6 nitrogen and oxygen atoms in total. The molecule has 0 N–H and O–H groups in total. The lowest BCUT2D eigenvalue weighted by Crippen LogP contribution is -2.46. The molecule has 0 saturated carbocycles. The monoisotopic (exact) mass is 303 g/mol. The number of halogens is 1. The normalized spacial score (nSPS) is 15.8. The molecule has 22 heavy (non-hydrogen) atoms. The van der Waals surface area contributed by atoms with Crippen molar-refractivity contribution in [2.45, 2.75) is 6.54 Å². The summed E-state index contributed by atoms with van der Waals surface area (Å²) in [5.41, 5.74) is 0.895. The van der Waals surface area contributed by atoms with E-state index < -0.39 is 0 Å². The summed E-state index contributed by atoms with van der Waals surface area (Å²) in [4.78, 5) is 16.9. The second kappa shape index (κ2) is 6.65. The maximum atomic E-state index is 13.2. The van der Waals surface area contributed by atoms with Crippen molar-refractivity contribution >= 4 is 5.95 Å². The van der Waals surface area contributed by atoms with Crippen LogP contribution in [0.25, 0.3) is 0 Å². The Bertz CT molecular complexity index is 631. The van der Waals surface area contributed by atoms with Crippen molar-refractivity contribution in [3.05, 3.63) is 42.1 Å². The Balaban J connectivity index is 1.58. The van der Waals surface area contributed by atoms with Crippen molar-refractivity contribution < 1.29 is 9.13 Å². The van der Waals surface area contributed by atoms with Crippen LogP contribution >= 0.6 is 0 Å². The molecular formula is C15H18FN5O. The topological polar surface area (TPSA) is 54.4 Å². The Kier molecular flexibility index (Phi) is 4.43. The standard InChI is InChI=1S/C15H18FN5O/c1-22-14-2-3-18-15(19-14)21-6-4-20(5-7-21)11-12-8-13(16)10-17-9-12/h2-3,8-10H,4-7,11H2,1H3. The molecule has 0 atom stereocenters. The molecule has 0 unspecified atom stereocenters. The summed E-state index contributed by atoms with van der Waals surface area (Å²) < 4.78 is 18.3. The van der Waals surface area contributed by atoms with E-state index in [1.807, 2.05) is 0 Å². The van der Waals surface area contributed by atoms with Gasteiger partial charge in [0.15, 0.2) is 0 Å². The van der Waals surface area contributed by atoms with Gasteiger partial charge in [-0.3, -0.25) is 9.88 Å². The van der Waals surface area contributed by atoms with Gasteiger partial charge in [0.2, 0.25) is 11.8 Å². The molecule has 1 aliphatic rings. The van der Waals surface area contributed by atoms with Crippen LogP contribution in [0.1, 0.15) is 5.56 Å². The third kappa shape index (κ3) is 3.48. The summed E-state index contributed by atoms with van der Waals surface area (Å²) in [7, 11) is 1.59. The van der Waals surface area contributed by atoms with Crippen LogP contribution in [-0.4, -0.2) is 53.1 Å². The molecule has 3 heterocycles.